The maximum absolute atomic E-state index is 14.1. The quantitative estimate of drug-likeness (QED) is 0.804. The monoisotopic (exact) mass is 315 g/mol. The minimum atomic E-state index is -1.62. The van der Waals surface area contributed by atoms with E-state index in [1.807, 2.05) is 0 Å². The van der Waals surface area contributed by atoms with E-state index in [1.54, 1.807) is 42.8 Å². The molecule has 0 radical (unpaired) electrons. The molecule has 0 unspecified atom stereocenters. The van der Waals surface area contributed by atoms with Gasteiger partial charge in [-0.25, -0.2) is 24.3 Å². The van der Waals surface area contributed by atoms with Crippen molar-refractivity contribution < 1.29 is 9.50 Å². The van der Waals surface area contributed by atoms with Crippen molar-refractivity contribution in [3.05, 3.63) is 42.2 Å². The van der Waals surface area contributed by atoms with Crippen LogP contribution in [0.3, 0.4) is 0 Å². The molecule has 0 bridgehead atoms. The van der Waals surface area contributed by atoms with Crippen LogP contribution in [0.5, 0.6) is 0 Å². The third kappa shape index (κ3) is 2.92. The Hall–Kier alpha value is -2.41. The molecule has 0 saturated heterocycles. The summed E-state index contributed by atoms with van der Waals surface area (Å²) in [7, 11) is 0. The molecule has 0 fully saturated rings. The van der Waals surface area contributed by atoms with Gasteiger partial charge in [-0.3, -0.25) is 4.40 Å². The summed E-state index contributed by atoms with van der Waals surface area (Å²) in [4.78, 5) is 16.9. The minimum Gasteiger partial charge on any atom is -0.384 e. The molecule has 1 N–H and O–H groups in total. The zero-order valence-electron chi connectivity index (χ0n) is 13.4. The fourth-order valence-corrected chi connectivity index (χ4v) is 2.19. The summed E-state index contributed by atoms with van der Waals surface area (Å²) in [5.41, 5.74) is -0.902. The summed E-state index contributed by atoms with van der Waals surface area (Å²) < 4.78 is 15.8. The highest BCUT2D eigenvalue weighted by atomic mass is 19.1. The van der Waals surface area contributed by atoms with Gasteiger partial charge in [-0.15, -0.1) is 0 Å². The minimum absolute atomic E-state index is 0.117. The van der Waals surface area contributed by atoms with Crippen LogP contribution >= 0.6 is 0 Å². The van der Waals surface area contributed by atoms with E-state index in [0.717, 1.165) is 0 Å². The standard InChI is InChI=1S/C16H18FN5O/c1-15(2,17)13-18-7-5-10(20-13)11-9-19-14-21-12(16(3,4)23)6-8-22(11)14/h5-9,23H,1-4H3. The van der Waals surface area contributed by atoms with Crippen LogP contribution in [0.1, 0.15) is 39.2 Å². The molecule has 0 aliphatic carbocycles. The van der Waals surface area contributed by atoms with Crippen molar-refractivity contribution in [3.8, 4) is 11.4 Å². The average Bonchev–Trinajstić information content (AvgIpc) is 2.88. The number of alkyl halides is 1. The predicted molar refractivity (Wildman–Crippen MR) is 83.4 cm³/mol. The summed E-state index contributed by atoms with van der Waals surface area (Å²) in [6.07, 6.45) is 4.91. The van der Waals surface area contributed by atoms with Gasteiger partial charge in [0, 0.05) is 12.4 Å². The largest absolute Gasteiger partial charge is 0.384 e. The smallest absolute Gasteiger partial charge is 0.234 e. The Bertz CT molecular complexity index is 861. The van der Waals surface area contributed by atoms with Crippen molar-refractivity contribution in [2.45, 2.75) is 39.0 Å². The van der Waals surface area contributed by atoms with Gasteiger partial charge in [0.15, 0.2) is 11.5 Å². The van der Waals surface area contributed by atoms with Crippen LogP contribution < -0.4 is 0 Å². The van der Waals surface area contributed by atoms with Crippen molar-refractivity contribution in [3.63, 3.8) is 0 Å². The van der Waals surface area contributed by atoms with Crippen LogP contribution in [0.2, 0.25) is 0 Å². The molecule has 3 heterocycles. The molecule has 3 aromatic heterocycles. The van der Waals surface area contributed by atoms with Crippen LogP contribution in [0, 0.1) is 0 Å². The van der Waals surface area contributed by atoms with E-state index in [9.17, 15) is 9.50 Å². The number of hydrogen-bond acceptors (Lipinski definition) is 5. The number of nitrogens with zero attached hydrogens (tertiary/aromatic N) is 5. The third-order valence-electron chi connectivity index (χ3n) is 3.46. The molecule has 0 amide bonds. The molecule has 3 rings (SSSR count). The summed E-state index contributed by atoms with van der Waals surface area (Å²) in [5, 5.41) is 10.0. The van der Waals surface area contributed by atoms with Crippen molar-refractivity contribution in [2.24, 2.45) is 0 Å². The molecule has 120 valence electrons. The second kappa shape index (κ2) is 5.06. The molecule has 0 aliphatic heterocycles. The Morgan fingerprint density at radius 1 is 1.09 bits per heavy atom. The van der Waals surface area contributed by atoms with Gasteiger partial charge in [0.1, 0.15) is 5.60 Å². The van der Waals surface area contributed by atoms with Gasteiger partial charge in [-0.2, -0.15) is 0 Å². The van der Waals surface area contributed by atoms with E-state index in [4.69, 9.17) is 0 Å². The van der Waals surface area contributed by atoms with Crippen LogP contribution in [0.25, 0.3) is 17.2 Å². The fourth-order valence-electron chi connectivity index (χ4n) is 2.19. The highest BCUT2D eigenvalue weighted by molar-refractivity contribution is 5.58. The number of rotatable bonds is 3. The molecule has 6 nitrogen and oxygen atoms in total. The Morgan fingerprint density at radius 3 is 2.48 bits per heavy atom. The van der Waals surface area contributed by atoms with Gasteiger partial charge in [-0.05, 0) is 39.8 Å². The van der Waals surface area contributed by atoms with E-state index in [2.05, 4.69) is 19.9 Å². The highest BCUT2D eigenvalue weighted by Crippen LogP contribution is 2.25. The molecular formula is C16H18FN5O. The third-order valence-corrected chi connectivity index (χ3v) is 3.46. The first-order valence-electron chi connectivity index (χ1n) is 7.26. The second-order valence-electron chi connectivity index (χ2n) is 6.42. The van der Waals surface area contributed by atoms with Crippen molar-refractivity contribution in [1.82, 2.24) is 24.3 Å². The van der Waals surface area contributed by atoms with Crippen molar-refractivity contribution in [1.29, 1.82) is 0 Å². The number of halogens is 1. The Morgan fingerprint density at radius 2 is 1.83 bits per heavy atom. The summed E-state index contributed by atoms with van der Waals surface area (Å²) in [6.45, 7) is 6.15. The summed E-state index contributed by atoms with van der Waals surface area (Å²) >= 11 is 0. The number of imidazole rings is 1. The zero-order chi connectivity index (χ0) is 16.8. The van der Waals surface area contributed by atoms with E-state index in [-0.39, 0.29) is 5.82 Å². The second-order valence-corrected chi connectivity index (χ2v) is 6.42. The first kappa shape index (κ1) is 15.5. The molecular weight excluding hydrogens is 297 g/mol. The molecule has 0 aliphatic rings. The molecule has 3 aromatic rings. The predicted octanol–water partition coefficient (Wildman–Crippen LogP) is 2.62. The normalized spacial score (nSPS) is 12.8. The van der Waals surface area contributed by atoms with Gasteiger partial charge in [-0.1, -0.05) is 0 Å². The average molecular weight is 315 g/mol. The van der Waals surface area contributed by atoms with Gasteiger partial charge >= 0.3 is 0 Å². The first-order chi connectivity index (χ1) is 10.7. The van der Waals surface area contributed by atoms with Crippen molar-refractivity contribution >= 4 is 5.78 Å². The van der Waals surface area contributed by atoms with E-state index < -0.39 is 11.3 Å². The summed E-state index contributed by atoms with van der Waals surface area (Å²) in [5.74, 6) is 0.560. The number of hydrogen-bond donors (Lipinski definition) is 1. The maximum Gasteiger partial charge on any atom is 0.234 e. The van der Waals surface area contributed by atoms with E-state index >= 15 is 0 Å². The fraction of sp³-hybridized carbons (Fsp3) is 0.375. The number of aliphatic hydroxyl groups is 1. The van der Waals surface area contributed by atoms with Gasteiger partial charge in [0.05, 0.1) is 23.3 Å². The van der Waals surface area contributed by atoms with E-state index in [0.29, 0.717) is 22.9 Å². The highest BCUT2D eigenvalue weighted by Gasteiger charge is 2.24. The molecule has 0 spiro atoms. The number of aromatic nitrogens is 5. The lowest BCUT2D eigenvalue weighted by molar-refractivity contribution is 0.0739. The molecule has 0 saturated carbocycles. The van der Waals surface area contributed by atoms with Crippen molar-refractivity contribution in [2.75, 3.05) is 0 Å². The summed E-state index contributed by atoms with van der Waals surface area (Å²) in [6, 6.07) is 3.42. The Balaban J connectivity index is 2.11. The van der Waals surface area contributed by atoms with Gasteiger partial charge < -0.3 is 5.11 Å². The zero-order valence-corrected chi connectivity index (χ0v) is 13.4. The lowest BCUT2D eigenvalue weighted by Crippen LogP contribution is -2.18. The van der Waals surface area contributed by atoms with Crippen LogP contribution in [0.4, 0.5) is 4.39 Å². The lowest BCUT2D eigenvalue weighted by atomic mass is 10.1. The van der Waals surface area contributed by atoms with Gasteiger partial charge in [0.2, 0.25) is 5.78 Å². The SMILES string of the molecule is CC(C)(O)c1ccn2c(-c3ccnc(C(C)(C)F)n3)cnc2n1. The first-order valence-corrected chi connectivity index (χ1v) is 7.26. The Kier molecular flexibility index (Phi) is 3.40. The van der Waals surface area contributed by atoms with Crippen LogP contribution in [-0.4, -0.2) is 29.4 Å². The topological polar surface area (TPSA) is 76.2 Å². The molecule has 7 heteroatoms. The lowest BCUT2D eigenvalue weighted by Gasteiger charge is -2.16. The number of fused-ring (bicyclic) bond motifs is 1. The maximum atomic E-state index is 14.1. The van der Waals surface area contributed by atoms with Crippen LogP contribution in [-0.2, 0) is 11.3 Å². The molecule has 0 aromatic carbocycles. The van der Waals surface area contributed by atoms with Gasteiger partial charge in [0.25, 0.3) is 0 Å². The van der Waals surface area contributed by atoms with E-state index in [1.165, 1.54) is 20.0 Å². The molecule has 23 heavy (non-hydrogen) atoms. The molecule has 0 atom stereocenters. The Labute approximate surface area is 133 Å². The van der Waals surface area contributed by atoms with Crippen LogP contribution in [0.15, 0.2) is 30.7 Å².